The second-order valence-corrected chi connectivity index (χ2v) is 6.70. The van der Waals surface area contributed by atoms with E-state index in [0.29, 0.717) is 36.2 Å². The molecule has 0 saturated carbocycles. The summed E-state index contributed by atoms with van der Waals surface area (Å²) in [5, 5.41) is 11.6. The smallest absolute Gasteiger partial charge is 0.318 e. The summed E-state index contributed by atoms with van der Waals surface area (Å²) in [6, 6.07) is 0.647. The fourth-order valence-electron chi connectivity index (χ4n) is 2.02. The molecule has 0 atom stereocenters. The minimum Gasteiger partial charge on any atom is -0.407 e. The summed E-state index contributed by atoms with van der Waals surface area (Å²) < 4.78 is 5.77. The van der Waals surface area contributed by atoms with Gasteiger partial charge in [0.05, 0.1) is 6.54 Å². The Kier molecular flexibility index (Phi) is 6.99. The summed E-state index contributed by atoms with van der Waals surface area (Å²) in [6.45, 7) is 16.7. The summed E-state index contributed by atoms with van der Waals surface area (Å²) in [5.41, 5.74) is 0. The second kappa shape index (κ2) is 8.25. The average molecular weight is 282 g/mol. The molecule has 0 aromatic carbocycles. The molecule has 20 heavy (non-hydrogen) atoms. The van der Waals surface area contributed by atoms with E-state index in [1.54, 1.807) is 0 Å². The molecule has 0 aliphatic rings. The summed E-state index contributed by atoms with van der Waals surface area (Å²) in [6.07, 6.45) is 0. The van der Waals surface area contributed by atoms with Gasteiger partial charge in [-0.15, -0.1) is 5.10 Å². The second-order valence-electron chi connectivity index (χ2n) is 6.70. The van der Waals surface area contributed by atoms with Gasteiger partial charge in [-0.3, -0.25) is 0 Å². The molecule has 1 rings (SSSR count). The van der Waals surface area contributed by atoms with Crippen LogP contribution in [0.15, 0.2) is 4.42 Å². The molecule has 0 aliphatic heterocycles. The average Bonchev–Trinajstić information content (AvgIpc) is 2.75. The highest BCUT2D eigenvalue weighted by Gasteiger charge is 2.16. The highest BCUT2D eigenvalue weighted by molar-refractivity contribution is 5.24. The van der Waals surface area contributed by atoms with Crippen molar-refractivity contribution in [1.29, 1.82) is 0 Å². The summed E-state index contributed by atoms with van der Waals surface area (Å²) >= 11 is 0. The molecular formula is C15H30N4O. The minimum atomic E-state index is 0.572. The van der Waals surface area contributed by atoms with Crippen molar-refractivity contribution in [2.75, 3.05) is 24.5 Å². The fraction of sp³-hybridized carbons (Fsp3) is 0.867. The first-order valence-corrected chi connectivity index (χ1v) is 7.66. The predicted molar refractivity (Wildman–Crippen MR) is 82.7 cm³/mol. The Bertz CT molecular complexity index is 364. The van der Waals surface area contributed by atoms with Gasteiger partial charge in [0.1, 0.15) is 0 Å². The van der Waals surface area contributed by atoms with E-state index in [1.165, 1.54) is 0 Å². The van der Waals surface area contributed by atoms with E-state index in [0.717, 1.165) is 19.6 Å². The van der Waals surface area contributed by atoms with Crippen molar-refractivity contribution in [2.45, 2.75) is 48.1 Å². The van der Waals surface area contributed by atoms with Crippen LogP contribution in [0.3, 0.4) is 0 Å². The Labute approximate surface area is 123 Å². The predicted octanol–water partition coefficient (Wildman–Crippen LogP) is 2.93. The monoisotopic (exact) mass is 282 g/mol. The van der Waals surface area contributed by atoms with Crippen LogP contribution in [-0.2, 0) is 6.54 Å². The zero-order chi connectivity index (χ0) is 15.1. The Morgan fingerprint density at radius 1 is 0.950 bits per heavy atom. The van der Waals surface area contributed by atoms with Crippen molar-refractivity contribution >= 4 is 6.01 Å². The Hall–Kier alpha value is -1.10. The summed E-state index contributed by atoms with van der Waals surface area (Å²) in [7, 11) is 0. The molecule has 0 spiro atoms. The molecule has 0 bridgehead atoms. The van der Waals surface area contributed by atoms with E-state index in [1.807, 2.05) is 0 Å². The zero-order valence-corrected chi connectivity index (χ0v) is 13.8. The van der Waals surface area contributed by atoms with Gasteiger partial charge in [-0.2, -0.15) is 0 Å². The maximum atomic E-state index is 5.77. The van der Waals surface area contributed by atoms with E-state index in [-0.39, 0.29) is 0 Å². The Morgan fingerprint density at radius 2 is 1.55 bits per heavy atom. The van der Waals surface area contributed by atoms with Gasteiger partial charge in [-0.05, 0) is 24.3 Å². The largest absolute Gasteiger partial charge is 0.407 e. The topological polar surface area (TPSA) is 54.2 Å². The quantitative estimate of drug-likeness (QED) is 0.754. The van der Waals surface area contributed by atoms with Gasteiger partial charge in [-0.25, -0.2) is 0 Å². The van der Waals surface area contributed by atoms with Crippen molar-refractivity contribution in [3.05, 3.63) is 5.89 Å². The SMILES string of the molecule is CC(C)CNCc1nnc(N(CC(C)C)CC(C)C)o1. The van der Waals surface area contributed by atoms with Crippen LogP contribution in [0.25, 0.3) is 0 Å². The maximum Gasteiger partial charge on any atom is 0.318 e. The third-order valence-electron chi connectivity index (χ3n) is 2.73. The van der Waals surface area contributed by atoms with Gasteiger partial charge in [0.2, 0.25) is 5.89 Å². The van der Waals surface area contributed by atoms with Crippen LogP contribution in [0, 0.1) is 17.8 Å². The van der Waals surface area contributed by atoms with Gasteiger partial charge >= 0.3 is 6.01 Å². The number of nitrogens with zero attached hydrogens (tertiary/aromatic N) is 3. The van der Waals surface area contributed by atoms with Crippen LogP contribution in [0.1, 0.15) is 47.4 Å². The summed E-state index contributed by atoms with van der Waals surface area (Å²) in [5.74, 6) is 2.43. The molecule has 0 radical (unpaired) electrons. The molecular weight excluding hydrogens is 252 g/mol. The normalized spacial score (nSPS) is 11.8. The lowest BCUT2D eigenvalue weighted by atomic mass is 10.1. The van der Waals surface area contributed by atoms with Gasteiger partial charge in [0.25, 0.3) is 0 Å². The van der Waals surface area contributed by atoms with Crippen molar-refractivity contribution in [2.24, 2.45) is 17.8 Å². The number of aromatic nitrogens is 2. The number of hydrogen-bond donors (Lipinski definition) is 1. The molecule has 0 fully saturated rings. The van der Waals surface area contributed by atoms with Crippen molar-refractivity contribution in [3.8, 4) is 0 Å². The molecule has 5 heteroatoms. The number of hydrogen-bond acceptors (Lipinski definition) is 5. The molecule has 1 N–H and O–H groups in total. The third-order valence-corrected chi connectivity index (χ3v) is 2.73. The van der Waals surface area contributed by atoms with Crippen LogP contribution in [-0.4, -0.2) is 29.8 Å². The highest BCUT2D eigenvalue weighted by Crippen LogP contribution is 2.16. The van der Waals surface area contributed by atoms with Gasteiger partial charge in [-0.1, -0.05) is 46.6 Å². The first-order valence-electron chi connectivity index (χ1n) is 7.66. The zero-order valence-electron chi connectivity index (χ0n) is 13.8. The molecule has 0 amide bonds. The van der Waals surface area contributed by atoms with Crippen LogP contribution in [0.5, 0.6) is 0 Å². The Balaban J connectivity index is 2.60. The number of nitrogens with one attached hydrogen (secondary N) is 1. The van der Waals surface area contributed by atoms with E-state index in [2.05, 4.69) is 62.0 Å². The molecule has 0 aliphatic carbocycles. The number of anilines is 1. The van der Waals surface area contributed by atoms with Gasteiger partial charge < -0.3 is 14.6 Å². The molecule has 1 aromatic heterocycles. The van der Waals surface area contributed by atoms with Gasteiger partial charge in [0, 0.05) is 13.1 Å². The molecule has 1 aromatic rings. The lowest BCUT2D eigenvalue weighted by Gasteiger charge is -2.23. The Morgan fingerprint density at radius 3 is 2.05 bits per heavy atom. The third kappa shape index (κ3) is 6.37. The molecule has 116 valence electrons. The molecule has 0 unspecified atom stereocenters. The van der Waals surface area contributed by atoms with Crippen LogP contribution >= 0.6 is 0 Å². The van der Waals surface area contributed by atoms with Crippen LogP contribution in [0.4, 0.5) is 6.01 Å². The van der Waals surface area contributed by atoms with E-state index in [4.69, 9.17) is 4.42 Å². The standard InChI is InChI=1S/C15H30N4O/c1-11(2)7-16-8-14-17-18-15(20-14)19(9-12(3)4)10-13(5)6/h11-13,16H,7-10H2,1-6H3. The summed E-state index contributed by atoms with van der Waals surface area (Å²) in [4.78, 5) is 2.19. The van der Waals surface area contributed by atoms with Crippen LogP contribution in [0.2, 0.25) is 0 Å². The fourth-order valence-corrected chi connectivity index (χ4v) is 2.02. The molecule has 1 heterocycles. The first-order chi connectivity index (χ1) is 9.38. The van der Waals surface area contributed by atoms with Crippen LogP contribution < -0.4 is 10.2 Å². The molecule has 5 nitrogen and oxygen atoms in total. The lowest BCUT2D eigenvalue weighted by Crippen LogP contribution is -2.31. The van der Waals surface area contributed by atoms with E-state index >= 15 is 0 Å². The lowest BCUT2D eigenvalue weighted by molar-refractivity contribution is 0.432. The van der Waals surface area contributed by atoms with Crippen molar-refractivity contribution in [1.82, 2.24) is 15.5 Å². The van der Waals surface area contributed by atoms with Crippen molar-refractivity contribution in [3.63, 3.8) is 0 Å². The maximum absolute atomic E-state index is 5.77. The van der Waals surface area contributed by atoms with E-state index < -0.39 is 0 Å². The van der Waals surface area contributed by atoms with Gasteiger partial charge in [0.15, 0.2) is 0 Å². The first kappa shape index (κ1) is 17.0. The van der Waals surface area contributed by atoms with Crippen molar-refractivity contribution < 1.29 is 4.42 Å². The number of rotatable bonds is 9. The van der Waals surface area contributed by atoms with E-state index in [9.17, 15) is 0 Å². The minimum absolute atomic E-state index is 0.572. The highest BCUT2D eigenvalue weighted by atomic mass is 16.4. The molecule has 0 saturated heterocycles.